The number of hydrogen-bond acceptors (Lipinski definition) is 4. The predicted molar refractivity (Wildman–Crippen MR) is 96.2 cm³/mol. The molecule has 0 aliphatic carbocycles. The van der Waals surface area contributed by atoms with Gasteiger partial charge in [0.1, 0.15) is 11.2 Å². The van der Waals surface area contributed by atoms with Crippen molar-refractivity contribution in [1.29, 1.82) is 0 Å². The minimum Gasteiger partial charge on any atom is -0.465 e. The Balaban J connectivity index is 2.19. The topological polar surface area (TPSA) is 60.4 Å². The molecule has 2 rings (SSSR count). The van der Waals surface area contributed by atoms with Gasteiger partial charge in [-0.25, -0.2) is 0 Å². The first-order valence-corrected chi connectivity index (χ1v) is 8.25. The van der Waals surface area contributed by atoms with Crippen molar-refractivity contribution in [3.05, 3.63) is 60.2 Å². The maximum atomic E-state index is 12.6. The molecule has 4 nitrogen and oxygen atoms in total. The van der Waals surface area contributed by atoms with E-state index in [1.165, 1.54) is 13.8 Å². The molecule has 1 atom stereocenters. The van der Waals surface area contributed by atoms with Crippen molar-refractivity contribution in [2.75, 3.05) is 6.61 Å². The molecule has 0 saturated carbocycles. The Labute approximate surface area is 147 Å². The molecule has 0 fully saturated rings. The lowest BCUT2D eigenvalue weighted by Crippen LogP contribution is -2.38. The Morgan fingerprint density at radius 1 is 0.920 bits per heavy atom. The second-order valence-electron chi connectivity index (χ2n) is 6.15. The van der Waals surface area contributed by atoms with Crippen LogP contribution in [0.15, 0.2) is 54.6 Å². The fraction of sp³-hybridized carbons (Fsp3) is 0.286. The number of carbonyl (C=O) groups is 3. The SMILES string of the molecule is CCOC(=O)[C@](C)(CC(=O)c1ccc(-c2ccccc2)cc1)C(C)=O. The van der Waals surface area contributed by atoms with Crippen LogP contribution in [0.5, 0.6) is 0 Å². The monoisotopic (exact) mass is 338 g/mol. The van der Waals surface area contributed by atoms with Crippen LogP contribution < -0.4 is 0 Å². The predicted octanol–water partition coefficient (Wildman–Crippen LogP) is 4.08. The quantitative estimate of drug-likeness (QED) is 0.433. The van der Waals surface area contributed by atoms with E-state index in [1.807, 2.05) is 42.5 Å². The van der Waals surface area contributed by atoms with Gasteiger partial charge in [0.2, 0.25) is 0 Å². The summed E-state index contributed by atoms with van der Waals surface area (Å²) in [6.07, 6.45) is -0.203. The minimum absolute atomic E-state index is 0.168. The van der Waals surface area contributed by atoms with Crippen LogP contribution in [0, 0.1) is 5.41 Å². The fourth-order valence-corrected chi connectivity index (χ4v) is 2.53. The van der Waals surface area contributed by atoms with E-state index in [0.717, 1.165) is 11.1 Å². The number of Topliss-reactive ketones (excluding diaryl/α,β-unsaturated/α-hetero) is 2. The number of ether oxygens (including phenoxy) is 1. The van der Waals surface area contributed by atoms with Crippen LogP contribution in [-0.2, 0) is 14.3 Å². The molecule has 0 bridgehead atoms. The van der Waals surface area contributed by atoms with Gasteiger partial charge in [-0.15, -0.1) is 0 Å². The van der Waals surface area contributed by atoms with E-state index >= 15 is 0 Å². The summed E-state index contributed by atoms with van der Waals surface area (Å²) in [4.78, 5) is 36.6. The highest BCUT2D eigenvalue weighted by Gasteiger charge is 2.41. The van der Waals surface area contributed by atoms with Crippen LogP contribution in [0.2, 0.25) is 0 Å². The highest BCUT2D eigenvalue weighted by atomic mass is 16.5. The first kappa shape index (κ1) is 18.6. The van der Waals surface area contributed by atoms with Gasteiger partial charge in [-0.2, -0.15) is 0 Å². The molecule has 130 valence electrons. The van der Waals surface area contributed by atoms with E-state index in [0.29, 0.717) is 5.56 Å². The van der Waals surface area contributed by atoms with Crippen LogP contribution in [0.4, 0.5) is 0 Å². The Morgan fingerprint density at radius 2 is 1.48 bits per heavy atom. The third kappa shape index (κ3) is 4.21. The van der Waals surface area contributed by atoms with E-state index in [1.54, 1.807) is 19.1 Å². The second-order valence-corrected chi connectivity index (χ2v) is 6.15. The molecular weight excluding hydrogens is 316 g/mol. The van der Waals surface area contributed by atoms with Crippen molar-refractivity contribution in [3.63, 3.8) is 0 Å². The lowest BCUT2D eigenvalue weighted by atomic mass is 9.80. The second kappa shape index (κ2) is 7.88. The molecular formula is C21H22O4. The van der Waals surface area contributed by atoms with E-state index in [4.69, 9.17) is 4.74 Å². The molecule has 2 aromatic rings. The summed E-state index contributed by atoms with van der Waals surface area (Å²) < 4.78 is 4.97. The first-order valence-electron chi connectivity index (χ1n) is 8.25. The summed E-state index contributed by atoms with van der Waals surface area (Å²) >= 11 is 0. The average molecular weight is 338 g/mol. The maximum absolute atomic E-state index is 12.6. The van der Waals surface area contributed by atoms with E-state index in [-0.39, 0.29) is 24.6 Å². The molecule has 0 aromatic heterocycles. The van der Waals surface area contributed by atoms with Gasteiger partial charge in [0.15, 0.2) is 5.78 Å². The molecule has 0 aliphatic rings. The molecule has 0 amide bonds. The molecule has 0 radical (unpaired) electrons. The molecule has 0 saturated heterocycles. The van der Waals surface area contributed by atoms with Gasteiger partial charge >= 0.3 is 5.97 Å². The van der Waals surface area contributed by atoms with E-state index in [9.17, 15) is 14.4 Å². The lowest BCUT2D eigenvalue weighted by molar-refractivity contribution is -0.158. The number of rotatable bonds is 7. The standard InChI is InChI=1S/C21H22O4/c1-4-25-20(24)21(3,15(2)22)14-19(23)18-12-10-17(11-13-18)16-8-6-5-7-9-16/h5-13H,4,14H2,1-3H3/t21-/m1/s1. The Hall–Kier alpha value is -2.75. The lowest BCUT2D eigenvalue weighted by Gasteiger charge is -2.23. The zero-order valence-electron chi connectivity index (χ0n) is 14.7. The molecule has 0 aliphatic heterocycles. The summed E-state index contributed by atoms with van der Waals surface area (Å²) in [6, 6.07) is 17.0. The van der Waals surface area contributed by atoms with Gasteiger partial charge in [-0.3, -0.25) is 14.4 Å². The highest BCUT2D eigenvalue weighted by molar-refractivity contribution is 6.08. The highest BCUT2D eigenvalue weighted by Crippen LogP contribution is 2.28. The van der Waals surface area contributed by atoms with Crippen molar-refractivity contribution in [2.24, 2.45) is 5.41 Å². The largest absolute Gasteiger partial charge is 0.465 e. The van der Waals surface area contributed by atoms with Gasteiger partial charge in [0, 0.05) is 12.0 Å². The van der Waals surface area contributed by atoms with Crippen molar-refractivity contribution in [2.45, 2.75) is 27.2 Å². The van der Waals surface area contributed by atoms with Gasteiger partial charge in [-0.05, 0) is 31.9 Å². The Kier molecular flexibility index (Phi) is 5.86. The molecule has 2 aromatic carbocycles. The van der Waals surface area contributed by atoms with E-state index in [2.05, 4.69) is 0 Å². The third-order valence-corrected chi connectivity index (χ3v) is 4.33. The molecule has 0 N–H and O–H groups in total. The maximum Gasteiger partial charge on any atom is 0.319 e. The fourth-order valence-electron chi connectivity index (χ4n) is 2.53. The van der Waals surface area contributed by atoms with Crippen LogP contribution >= 0.6 is 0 Å². The van der Waals surface area contributed by atoms with Gasteiger partial charge in [0.05, 0.1) is 6.61 Å². The van der Waals surface area contributed by atoms with Crippen molar-refractivity contribution in [1.82, 2.24) is 0 Å². The van der Waals surface area contributed by atoms with E-state index < -0.39 is 11.4 Å². The summed E-state index contributed by atoms with van der Waals surface area (Å²) in [7, 11) is 0. The molecule has 0 spiro atoms. The number of hydrogen-bond donors (Lipinski definition) is 0. The van der Waals surface area contributed by atoms with Gasteiger partial charge < -0.3 is 4.74 Å². The number of benzene rings is 2. The summed E-state index contributed by atoms with van der Waals surface area (Å²) in [6.45, 7) is 4.61. The van der Waals surface area contributed by atoms with Crippen LogP contribution in [0.25, 0.3) is 11.1 Å². The van der Waals surface area contributed by atoms with Crippen LogP contribution in [-0.4, -0.2) is 24.1 Å². The molecule has 25 heavy (non-hydrogen) atoms. The minimum atomic E-state index is -1.45. The van der Waals surface area contributed by atoms with Crippen molar-refractivity contribution < 1.29 is 19.1 Å². The Morgan fingerprint density at radius 3 is 2.00 bits per heavy atom. The zero-order valence-corrected chi connectivity index (χ0v) is 14.7. The first-order chi connectivity index (χ1) is 11.9. The molecule has 0 unspecified atom stereocenters. The van der Waals surface area contributed by atoms with Crippen LogP contribution in [0.3, 0.4) is 0 Å². The van der Waals surface area contributed by atoms with Crippen molar-refractivity contribution in [3.8, 4) is 11.1 Å². The van der Waals surface area contributed by atoms with Crippen molar-refractivity contribution >= 4 is 17.5 Å². The number of esters is 1. The molecule has 0 heterocycles. The Bertz CT molecular complexity index is 762. The number of ketones is 2. The normalized spacial score (nSPS) is 12.9. The smallest absolute Gasteiger partial charge is 0.319 e. The van der Waals surface area contributed by atoms with Gasteiger partial charge in [0.25, 0.3) is 0 Å². The van der Waals surface area contributed by atoms with Gasteiger partial charge in [-0.1, -0.05) is 54.6 Å². The summed E-state index contributed by atoms with van der Waals surface area (Å²) in [5.41, 5.74) is 1.07. The van der Waals surface area contributed by atoms with Crippen LogP contribution in [0.1, 0.15) is 37.6 Å². The third-order valence-electron chi connectivity index (χ3n) is 4.33. The summed E-state index contributed by atoms with van der Waals surface area (Å²) in [5, 5.41) is 0. The molecule has 4 heteroatoms. The average Bonchev–Trinajstić information content (AvgIpc) is 2.62. The number of carbonyl (C=O) groups excluding carboxylic acids is 3. The zero-order chi connectivity index (χ0) is 18.4. The summed E-state index contributed by atoms with van der Waals surface area (Å²) in [5.74, 6) is -1.29.